The lowest BCUT2D eigenvalue weighted by atomic mass is 9.86. The van der Waals surface area contributed by atoms with Crippen molar-refractivity contribution in [3.8, 4) is 11.3 Å². The summed E-state index contributed by atoms with van der Waals surface area (Å²) in [5.74, 6) is -0.00857. The predicted molar refractivity (Wildman–Crippen MR) is 140 cm³/mol. The molecule has 0 saturated carbocycles. The maximum Gasteiger partial charge on any atom is 0.291 e. The van der Waals surface area contributed by atoms with E-state index >= 15 is 0 Å². The molecule has 192 valence electrons. The van der Waals surface area contributed by atoms with Crippen LogP contribution < -0.4 is 0 Å². The molecule has 1 aromatic carbocycles. The number of nitrogens with zero attached hydrogens (tertiary/aromatic N) is 5. The molecule has 1 fully saturated rings. The summed E-state index contributed by atoms with van der Waals surface area (Å²) in [5, 5.41) is 7.52. The van der Waals surface area contributed by atoms with Gasteiger partial charge >= 0.3 is 0 Å². The summed E-state index contributed by atoms with van der Waals surface area (Å²) in [6.45, 7) is 13.4. The Labute approximate surface area is 215 Å². The molecule has 0 bridgehead atoms. The molecular weight excluding hydrogens is 468 g/mol. The molecule has 0 spiro atoms. The lowest BCUT2D eigenvalue weighted by molar-refractivity contribution is 0.0146. The van der Waals surface area contributed by atoms with Crippen molar-refractivity contribution in [1.29, 1.82) is 0 Å². The SMILES string of the molecule is Cc1ccc(-c2cc(C(C)(C)C)c3oc(C(=O)N4CCN(C(=O)c5nnc[nH]5)CC4(C)C)cc3n2)cc1. The van der Waals surface area contributed by atoms with E-state index < -0.39 is 5.54 Å². The number of aromatic nitrogens is 4. The second kappa shape index (κ2) is 8.83. The number of pyridine rings is 1. The smallest absolute Gasteiger partial charge is 0.291 e. The van der Waals surface area contributed by atoms with Crippen molar-refractivity contribution in [3.63, 3.8) is 0 Å². The van der Waals surface area contributed by atoms with Gasteiger partial charge in [-0.15, -0.1) is 10.2 Å². The molecule has 1 aliphatic heterocycles. The molecule has 4 aromatic rings. The number of rotatable bonds is 3. The molecule has 9 nitrogen and oxygen atoms in total. The van der Waals surface area contributed by atoms with Gasteiger partial charge in [-0.3, -0.25) is 9.59 Å². The largest absolute Gasteiger partial charge is 0.449 e. The molecule has 2 amide bonds. The number of amides is 2. The van der Waals surface area contributed by atoms with E-state index in [4.69, 9.17) is 9.40 Å². The van der Waals surface area contributed by atoms with E-state index in [-0.39, 0.29) is 28.8 Å². The van der Waals surface area contributed by atoms with Crippen molar-refractivity contribution < 1.29 is 14.0 Å². The molecule has 1 saturated heterocycles. The van der Waals surface area contributed by atoms with E-state index in [0.29, 0.717) is 30.7 Å². The van der Waals surface area contributed by atoms with Crippen molar-refractivity contribution in [1.82, 2.24) is 30.0 Å². The third-order valence-corrected chi connectivity index (χ3v) is 6.90. The Kier molecular flexibility index (Phi) is 5.89. The zero-order valence-corrected chi connectivity index (χ0v) is 22.1. The number of carbonyl (C=O) groups excluding carboxylic acids is 2. The normalized spacial score (nSPS) is 15.8. The zero-order valence-electron chi connectivity index (χ0n) is 22.1. The van der Waals surface area contributed by atoms with Crippen LogP contribution in [0.15, 0.2) is 47.1 Å². The fraction of sp³-hybridized carbons (Fsp3) is 0.393. The van der Waals surface area contributed by atoms with Gasteiger partial charge in [0.15, 0.2) is 11.3 Å². The maximum absolute atomic E-state index is 13.7. The van der Waals surface area contributed by atoms with Crippen LogP contribution in [0.2, 0.25) is 0 Å². The van der Waals surface area contributed by atoms with Gasteiger partial charge in [0.25, 0.3) is 11.8 Å². The van der Waals surface area contributed by atoms with Gasteiger partial charge in [0.1, 0.15) is 11.8 Å². The number of carbonyl (C=O) groups is 2. The first-order valence-corrected chi connectivity index (χ1v) is 12.4. The third-order valence-electron chi connectivity index (χ3n) is 6.90. The standard InChI is InChI=1S/C28H32N6O3/c1-17-7-9-18(10-8-17)20-13-19(27(2,3)4)23-21(31-20)14-22(37-23)25(35)34-12-11-33(15-28(34,5)6)26(36)24-29-16-30-32-24/h7-10,13-14,16H,11-12,15H2,1-6H3,(H,29,30,32). The molecule has 0 unspecified atom stereocenters. The van der Waals surface area contributed by atoms with Crippen molar-refractivity contribution in [2.75, 3.05) is 19.6 Å². The Hall–Kier alpha value is -4.01. The number of piperazine rings is 1. The van der Waals surface area contributed by atoms with Crippen molar-refractivity contribution in [3.05, 3.63) is 65.4 Å². The second-order valence-corrected chi connectivity index (χ2v) is 11.3. The highest BCUT2D eigenvalue weighted by molar-refractivity contribution is 5.97. The first-order valence-electron chi connectivity index (χ1n) is 12.4. The van der Waals surface area contributed by atoms with Crippen LogP contribution in [0.1, 0.15) is 66.9 Å². The quantitative estimate of drug-likeness (QED) is 0.441. The maximum atomic E-state index is 13.7. The van der Waals surface area contributed by atoms with E-state index in [2.05, 4.69) is 73.2 Å². The van der Waals surface area contributed by atoms with Crippen molar-refractivity contribution >= 4 is 22.9 Å². The number of hydrogen-bond donors (Lipinski definition) is 1. The Bertz CT molecular complexity index is 1460. The highest BCUT2D eigenvalue weighted by atomic mass is 16.3. The van der Waals surface area contributed by atoms with Crippen molar-refractivity contribution in [2.45, 2.75) is 52.5 Å². The molecule has 9 heteroatoms. The van der Waals surface area contributed by atoms with Gasteiger partial charge in [-0.1, -0.05) is 50.6 Å². The van der Waals surface area contributed by atoms with Crippen molar-refractivity contribution in [2.24, 2.45) is 0 Å². The average Bonchev–Trinajstić information content (AvgIpc) is 3.52. The number of aromatic amines is 1. The molecule has 0 atom stereocenters. The minimum atomic E-state index is -0.614. The van der Waals surface area contributed by atoms with E-state index in [1.165, 1.54) is 11.9 Å². The number of hydrogen-bond acceptors (Lipinski definition) is 6. The minimum Gasteiger partial charge on any atom is -0.449 e. The molecule has 3 aromatic heterocycles. The summed E-state index contributed by atoms with van der Waals surface area (Å²) in [6.07, 6.45) is 1.38. The first kappa shape index (κ1) is 24.7. The van der Waals surface area contributed by atoms with Crippen LogP contribution in [-0.2, 0) is 5.41 Å². The first-order chi connectivity index (χ1) is 17.4. The summed E-state index contributed by atoms with van der Waals surface area (Å²) in [4.78, 5) is 37.6. The van der Waals surface area contributed by atoms with Gasteiger partial charge in [-0.2, -0.15) is 0 Å². The molecule has 1 N–H and O–H groups in total. The summed E-state index contributed by atoms with van der Waals surface area (Å²) >= 11 is 0. The van der Waals surface area contributed by atoms with E-state index in [1.54, 1.807) is 15.9 Å². The van der Waals surface area contributed by atoms with Gasteiger partial charge in [-0.25, -0.2) is 4.98 Å². The van der Waals surface area contributed by atoms with Crippen LogP contribution >= 0.6 is 0 Å². The monoisotopic (exact) mass is 500 g/mol. The average molecular weight is 501 g/mol. The minimum absolute atomic E-state index is 0.193. The zero-order chi connectivity index (χ0) is 26.5. The van der Waals surface area contributed by atoms with Crippen LogP contribution in [0.3, 0.4) is 0 Å². The fourth-order valence-electron chi connectivity index (χ4n) is 4.85. The van der Waals surface area contributed by atoms with E-state index in [9.17, 15) is 9.59 Å². The second-order valence-electron chi connectivity index (χ2n) is 11.3. The van der Waals surface area contributed by atoms with Crippen LogP contribution in [0.4, 0.5) is 0 Å². The fourth-order valence-corrected chi connectivity index (χ4v) is 4.85. The van der Waals surface area contributed by atoms with Gasteiger partial charge in [0.05, 0.1) is 11.2 Å². The van der Waals surface area contributed by atoms with Crippen LogP contribution in [0.5, 0.6) is 0 Å². The van der Waals surface area contributed by atoms with Gasteiger partial charge in [0, 0.05) is 36.8 Å². The number of aryl methyl sites for hydroxylation is 1. The molecule has 5 rings (SSSR count). The molecule has 0 radical (unpaired) electrons. The summed E-state index contributed by atoms with van der Waals surface area (Å²) in [7, 11) is 0. The lowest BCUT2D eigenvalue weighted by Crippen LogP contribution is -2.62. The number of furan rings is 1. The molecule has 1 aliphatic rings. The number of H-pyrrole nitrogens is 1. The number of fused-ring (bicyclic) bond motifs is 1. The van der Waals surface area contributed by atoms with Crippen LogP contribution in [0.25, 0.3) is 22.4 Å². The summed E-state index contributed by atoms with van der Waals surface area (Å²) < 4.78 is 6.22. The van der Waals surface area contributed by atoms with Gasteiger partial charge in [-0.05, 0) is 32.3 Å². The molecule has 4 heterocycles. The number of nitrogens with one attached hydrogen (secondary N) is 1. The molecule has 37 heavy (non-hydrogen) atoms. The third kappa shape index (κ3) is 4.61. The van der Waals surface area contributed by atoms with Gasteiger partial charge < -0.3 is 19.2 Å². The Morgan fingerprint density at radius 3 is 2.41 bits per heavy atom. The predicted octanol–water partition coefficient (Wildman–Crippen LogP) is 4.60. The lowest BCUT2D eigenvalue weighted by Gasteiger charge is -2.46. The Morgan fingerprint density at radius 1 is 1.05 bits per heavy atom. The highest BCUT2D eigenvalue weighted by Gasteiger charge is 2.40. The highest BCUT2D eigenvalue weighted by Crippen LogP contribution is 2.35. The van der Waals surface area contributed by atoms with E-state index in [1.807, 2.05) is 13.8 Å². The molecular formula is C28H32N6O3. The Balaban J connectivity index is 1.47. The Morgan fingerprint density at radius 2 is 1.78 bits per heavy atom. The number of benzene rings is 1. The van der Waals surface area contributed by atoms with Gasteiger partial charge in [0.2, 0.25) is 5.82 Å². The summed E-state index contributed by atoms with van der Waals surface area (Å²) in [5.41, 5.74) is 4.49. The van der Waals surface area contributed by atoms with E-state index in [0.717, 1.165) is 16.8 Å². The topological polar surface area (TPSA) is 108 Å². The summed E-state index contributed by atoms with van der Waals surface area (Å²) in [6, 6.07) is 12.1. The molecule has 0 aliphatic carbocycles. The van der Waals surface area contributed by atoms with Crippen LogP contribution in [0, 0.1) is 6.92 Å². The van der Waals surface area contributed by atoms with Crippen LogP contribution in [-0.4, -0.2) is 67.0 Å².